The maximum absolute atomic E-state index is 11.4. The summed E-state index contributed by atoms with van der Waals surface area (Å²) in [4.78, 5) is 13.6. The van der Waals surface area contributed by atoms with Gasteiger partial charge >= 0.3 is 0 Å². The Bertz CT molecular complexity index is 218. The third-order valence-electron chi connectivity index (χ3n) is 3.26. The summed E-state index contributed by atoms with van der Waals surface area (Å²) in [5.41, 5.74) is 0. The van der Waals surface area contributed by atoms with E-state index in [0.29, 0.717) is 17.8 Å². The van der Waals surface area contributed by atoms with E-state index in [2.05, 4.69) is 4.90 Å². The lowest BCUT2D eigenvalue weighted by Gasteiger charge is -2.27. The van der Waals surface area contributed by atoms with Crippen LogP contribution in [0.15, 0.2) is 0 Å². The number of ether oxygens (including phenoxy) is 1. The number of likely N-dealkylation sites (N-methyl/N-ethyl adjacent to an activating group) is 1. The molecule has 0 N–H and O–H groups in total. The minimum atomic E-state index is 0.116. The van der Waals surface area contributed by atoms with E-state index < -0.39 is 0 Å². The molecule has 0 aromatic heterocycles. The monoisotopic (exact) mass is 213 g/mol. The Balaban J connectivity index is 0.000000531. The number of likely N-dealkylation sites (tertiary alicyclic amines) is 1. The van der Waals surface area contributed by atoms with Crippen molar-refractivity contribution >= 4 is 5.78 Å². The molecule has 3 heteroatoms. The van der Waals surface area contributed by atoms with Gasteiger partial charge in [-0.15, -0.1) is 0 Å². The topological polar surface area (TPSA) is 29.5 Å². The zero-order valence-corrected chi connectivity index (χ0v) is 10.3. The molecule has 0 bridgehead atoms. The summed E-state index contributed by atoms with van der Waals surface area (Å²) in [6.07, 6.45) is 2.57. The summed E-state index contributed by atoms with van der Waals surface area (Å²) in [5, 5.41) is 0. The Kier molecular flexibility index (Phi) is 4.74. The molecule has 0 aromatic rings. The first kappa shape index (κ1) is 12.7. The van der Waals surface area contributed by atoms with Crippen LogP contribution in [0.5, 0.6) is 0 Å². The summed E-state index contributed by atoms with van der Waals surface area (Å²) >= 11 is 0. The van der Waals surface area contributed by atoms with Crippen molar-refractivity contribution in [3.8, 4) is 0 Å². The van der Waals surface area contributed by atoms with Crippen molar-refractivity contribution in [1.82, 2.24) is 4.90 Å². The highest BCUT2D eigenvalue weighted by Crippen LogP contribution is 2.33. The first-order chi connectivity index (χ1) is 7.20. The van der Waals surface area contributed by atoms with Gasteiger partial charge in [-0.05, 0) is 26.8 Å². The molecule has 15 heavy (non-hydrogen) atoms. The Morgan fingerprint density at radius 2 is 2.07 bits per heavy atom. The SMILES string of the molecule is CC.CC(=O)C1C2CCCOC2CN1C. The van der Waals surface area contributed by atoms with Gasteiger partial charge in [0.2, 0.25) is 0 Å². The zero-order chi connectivity index (χ0) is 11.4. The lowest BCUT2D eigenvalue weighted by molar-refractivity contribution is -0.122. The molecule has 88 valence electrons. The van der Waals surface area contributed by atoms with Crippen LogP contribution in [0.2, 0.25) is 0 Å². The van der Waals surface area contributed by atoms with Gasteiger partial charge in [-0.3, -0.25) is 9.69 Å². The molecule has 2 aliphatic rings. The Morgan fingerprint density at radius 1 is 1.40 bits per heavy atom. The van der Waals surface area contributed by atoms with Gasteiger partial charge in [-0.25, -0.2) is 0 Å². The molecule has 2 aliphatic heterocycles. The highest BCUT2D eigenvalue weighted by Gasteiger charge is 2.43. The van der Waals surface area contributed by atoms with E-state index in [1.807, 2.05) is 20.9 Å². The zero-order valence-electron chi connectivity index (χ0n) is 10.3. The first-order valence-corrected chi connectivity index (χ1v) is 6.02. The average Bonchev–Trinajstić information content (AvgIpc) is 2.56. The van der Waals surface area contributed by atoms with E-state index in [0.717, 1.165) is 26.0 Å². The van der Waals surface area contributed by atoms with Gasteiger partial charge in [-0.2, -0.15) is 0 Å². The van der Waals surface area contributed by atoms with E-state index in [4.69, 9.17) is 4.74 Å². The average molecular weight is 213 g/mol. The van der Waals surface area contributed by atoms with Crippen LogP contribution in [0.1, 0.15) is 33.6 Å². The quantitative estimate of drug-likeness (QED) is 0.664. The van der Waals surface area contributed by atoms with Gasteiger partial charge in [0, 0.05) is 19.1 Å². The lowest BCUT2D eigenvalue weighted by atomic mass is 9.89. The Labute approximate surface area is 92.8 Å². The molecular weight excluding hydrogens is 190 g/mol. The minimum absolute atomic E-state index is 0.116. The van der Waals surface area contributed by atoms with Crippen molar-refractivity contribution in [2.75, 3.05) is 20.2 Å². The second kappa shape index (κ2) is 5.61. The molecule has 3 atom stereocenters. The summed E-state index contributed by atoms with van der Waals surface area (Å²) in [6.45, 7) is 7.49. The van der Waals surface area contributed by atoms with Crippen molar-refractivity contribution in [3.63, 3.8) is 0 Å². The molecule has 0 saturated carbocycles. The van der Waals surface area contributed by atoms with E-state index >= 15 is 0 Å². The Hall–Kier alpha value is -0.410. The van der Waals surface area contributed by atoms with E-state index in [-0.39, 0.29) is 6.04 Å². The van der Waals surface area contributed by atoms with Crippen molar-refractivity contribution < 1.29 is 9.53 Å². The fraction of sp³-hybridized carbons (Fsp3) is 0.917. The van der Waals surface area contributed by atoms with Crippen molar-refractivity contribution in [1.29, 1.82) is 0 Å². The van der Waals surface area contributed by atoms with Crippen LogP contribution in [0, 0.1) is 5.92 Å². The van der Waals surface area contributed by atoms with E-state index in [1.165, 1.54) is 0 Å². The van der Waals surface area contributed by atoms with Crippen molar-refractivity contribution in [3.05, 3.63) is 0 Å². The number of hydrogen-bond acceptors (Lipinski definition) is 3. The van der Waals surface area contributed by atoms with Crippen LogP contribution in [0.4, 0.5) is 0 Å². The third kappa shape index (κ3) is 2.58. The van der Waals surface area contributed by atoms with E-state index in [1.54, 1.807) is 6.92 Å². The third-order valence-corrected chi connectivity index (χ3v) is 3.26. The smallest absolute Gasteiger partial charge is 0.147 e. The van der Waals surface area contributed by atoms with Crippen molar-refractivity contribution in [2.24, 2.45) is 5.92 Å². The Morgan fingerprint density at radius 3 is 2.67 bits per heavy atom. The number of carbonyl (C=O) groups is 1. The molecule has 0 aliphatic carbocycles. The molecule has 2 saturated heterocycles. The number of carbonyl (C=O) groups excluding carboxylic acids is 1. The van der Waals surface area contributed by atoms with E-state index in [9.17, 15) is 4.79 Å². The minimum Gasteiger partial charge on any atom is -0.377 e. The normalized spacial score (nSPS) is 35.3. The molecule has 3 unspecified atom stereocenters. The molecule has 0 amide bonds. The van der Waals surface area contributed by atoms with Gasteiger partial charge in [0.15, 0.2) is 0 Å². The van der Waals surface area contributed by atoms with Gasteiger partial charge in [0.05, 0.1) is 12.1 Å². The fourth-order valence-corrected chi connectivity index (χ4v) is 2.75. The second-order valence-electron chi connectivity index (χ2n) is 4.21. The number of ketones is 1. The van der Waals surface area contributed by atoms with Gasteiger partial charge in [0.25, 0.3) is 0 Å². The van der Waals surface area contributed by atoms with Gasteiger partial charge in [-0.1, -0.05) is 13.8 Å². The van der Waals surface area contributed by atoms with Gasteiger partial charge < -0.3 is 4.74 Å². The van der Waals surface area contributed by atoms with Gasteiger partial charge in [0.1, 0.15) is 5.78 Å². The number of hydrogen-bond donors (Lipinski definition) is 0. The molecular formula is C12H23NO2. The highest BCUT2D eigenvalue weighted by molar-refractivity contribution is 5.82. The van der Waals surface area contributed by atoms with Crippen LogP contribution in [-0.4, -0.2) is 43.0 Å². The largest absolute Gasteiger partial charge is 0.377 e. The molecule has 0 radical (unpaired) electrons. The molecule has 3 nitrogen and oxygen atoms in total. The predicted molar refractivity (Wildman–Crippen MR) is 60.9 cm³/mol. The number of fused-ring (bicyclic) bond motifs is 1. The number of nitrogens with zero attached hydrogens (tertiary/aromatic N) is 1. The summed E-state index contributed by atoms with van der Waals surface area (Å²) in [7, 11) is 2.02. The molecule has 2 heterocycles. The lowest BCUT2D eigenvalue weighted by Crippen LogP contribution is -2.37. The predicted octanol–water partition coefficient (Wildman–Crippen LogP) is 1.71. The molecule has 0 spiro atoms. The van der Waals surface area contributed by atoms with Crippen molar-refractivity contribution in [2.45, 2.75) is 45.8 Å². The number of Topliss-reactive ketones (excluding diaryl/α,β-unsaturated/α-hetero) is 1. The molecule has 2 fully saturated rings. The number of rotatable bonds is 1. The van der Waals surface area contributed by atoms with Crippen LogP contribution in [0.25, 0.3) is 0 Å². The summed E-state index contributed by atoms with van der Waals surface area (Å²) in [5.74, 6) is 0.747. The standard InChI is InChI=1S/C10H17NO2.C2H6/c1-7(12)10-8-4-3-5-13-9(8)6-11(10)2;1-2/h8-10H,3-6H2,1-2H3;1-2H3. The highest BCUT2D eigenvalue weighted by atomic mass is 16.5. The van der Waals surface area contributed by atoms with Crippen LogP contribution in [-0.2, 0) is 9.53 Å². The molecule has 0 aromatic carbocycles. The maximum Gasteiger partial charge on any atom is 0.147 e. The van der Waals surface area contributed by atoms with Crippen LogP contribution >= 0.6 is 0 Å². The summed E-state index contributed by atoms with van der Waals surface area (Å²) in [6, 6.07) is 0.116. The maximum atomic E-state index is 11.4. The summed E-state index contributed by atoms with van der Waals surface area (Å²) < 4.78 is 5.66. The second-order valence-corrected chi connectivity index (χ2v) is 4.21. The first-order valence-electron chi connectivity index (χ1n) is 6.02. The van der Waals surface area contributed by atoms with Crippen LogP contribution < -0.4 is 0 Å². The molecule has 2 rings (SSSR count). The fourth-order valence-electron chi connectivity index (χ4n) is 2.75. The van der Waals surface area contributed by atoms with Crippen LogP contribution in [0.3, 0.4) is 0 Å².